The maximum atomic E-state index is 11.2. The van der Waals surface area contributed by atoms with Gasteiger partial charge in [-0.25, -0.2) is 4.98 Å². The summed E-state index contributed by atoms with van der Waals surface area (Å²) in [5.74, 6) is 0.961. The topological polar surface area (TPSA) is 73.8 Å². The van der Waals surface area contributed by atoms with Crippen LogP contribution in [0.25, 0.3) is 11.6 Å². The summed E-state index contributed by atoms with van der Waals surface area (Å²) in [6.07, 6.45) is 3.44. The largest absolute Gasteiger partial charge is 0.338 e. The first-order valence-electron chi connectivity index (χ1n) is 4.91. The predicted octanol–water partition coefficient (Wildman–Crippen LogP) is 1.16. The number of aryl methyl sites for hydroxylation is 1. The van der Waals surface area contributed by atoms with Gasteiger partial charge in [-0.05, 0) is 13.8 Å². The van der Waals surface area contributed by atoms with Crippen LogP contribution in [0.5, 0.6) is 0 Å². The monoisotopic (exact) mass is 220 g/mol. The van der Waals surface area contributed by atoms with E-state index in [0.717, 1.165) is 0 Å². The second-order valence-electron chi connectivity index (χ2n) is 3.65. The van der Waals surface area contributed by atoms with Gasteiger partial charge in [-0.15, -0.1) is 0 Å². The van der Waals surface area contributed by atoms with E-state index in [1.54, 1.807) is 23.9 Å². The number of carbonyl (C=O) groups is 1. The van der Waals surface area contributed by atoms with Gasteiger partial charge < -0.3 is 9.09 Å². The Labute approximate surface area is 92.3 Å². The van der Waals surface area contributed by atoms with E-state index in [2.05, 4.69) is 15.1 Å². The summed E-state index contributed by atoms with van der Waals surface area (Å²) in [5, 5.41) is 3.80. The van der Waals surface area contributed by atoms with Crippen LogP contribution >= 0.6 is 0 Å². The molecule has 2 aromatic rings. The first-order chi connectivity index (χ1) is 7.59. The molecule has 6 nitrogen and oxygen atoms in total. The predicted molar refractivity (Wildman–Crippen MR) is 55.6 cm³/mol. The van der Waals surface area contributed by atoms with Gasteiger partial charge >= 0.3 is 0 Å². The Morgan fingerprint density at radius 3 is 2.88 bits per heavy atom. The fraction of sp³-hybridized carbons (Fsp3) is 0.400. The molecule has 0 amide bonds. The standard InChI is InChI=1S/C10H12N4O2/c1-6(7(2)15)10-12-8(13-16-10)9-11-4-5-14(9)3/h4-6H,1-3H3. The molecule has 2 rings (SSSR count). The minimum Gasteiger partial charge on any atom is -0.338 e. The lowest BCUT2D eigenvalue weighted by Crippen LogP contribution is -2.04. The third kappa shape index (κ3) is 1.73. The number of aromatic nitrogens is 4. The fourth-order valence-corrected chi connectivity index (χ4v) is 1.26. The van der Waals surface area contributed by atoms with E-state index >= 15 is 0 Å². The summed E-state index contributed by atoms with van der Waals surface area (Å²) in [6, 6.07) is 0. The minimum atomic E-state index is -0.374. The summed E-state index contributed by atoms with van der Waals surface area (Å²) < 4.78 is 6.82. The highest BCUT2D eigenvalue weighted by Gasteiger charge is 2.20. The molecule has 0 saturated carbocycles. The van der Waals surface area contributed by atoms with Gasteiger partial charge in [0, 0.05) is 19.4 Å². The molecule has 0 fully saturated rings. The van der Waals surface area contributed by atoms with Crippen molar-refractivity contribution in [3.63, 3.8) is 0 Å². The zero-order valence-corrected chi connectivity index (χ0v) is 9.34. The zero-order chi connectivity index (χ0) is 11.7. The molecule has 6 heteroatoms. The number of imidazole rings is 1. The molecule has 0 N–H and O–H groups in total. The second-order valence-corrected chi connectivity index (χ2v) is 3.65. The molecule has 1 unspecified atom stereocenters. The number of rotatable bonds is 3. The normalized spacial score (nSPS) is 12.7. The highest BCUT2D eigenvalue weighted by atomic mass is 16.5. The fourth-order valence-electron chi connectivity index (χ4n) is 1.26. The third-order valence-electron chi connectivity index (χ3n) is 2.44. The van der Waals surface area contributed by atoms with Crippen molar-refractivity contribution in [2.24, 2.45) is 7.05 Å². The number of hydrogen-bond acceptors (Lipinski definition) is 5. The Balaban J connectivity index is 2.33. The van der Waals surface area contributed by atoms with Crippen LogP contribution in [0, 0.1) is 0 Å². The lowest BCUT2D eigenvalue weighted by Gasteiger charge is -1.98. The molecular weight excluding hydrogens is 208 g/mol. The molecule has 2 heterocycles. The van der Waals surface area contributed by atoms with Crippen molar-refractivity contribution in [3.8, 4) is 11.6 Å². The van der Waals surface area contributed by atoms with Crippen molar-refractivity contribution in [1.29, 1.82) is 0 Å². The van der Waals surface area contributed by atoms with Crippen molar-refractivity contribution in [1.82, 2.24) is 19.7 Å². The number of carbonyl (C=O) groups excluding carboxylic acids is 1. The van der Waals surface area contributed by atoms with Crippen molar-refractivity contribution in [2.75, 3.05) is 0 Å². The van der Waals surface area contributed by atoms with Gasteiger partial charge in [0.2, 0.25) is 11.7 Å². The molecular formula is C10H12N4O2. The van der Waals surface area contributed by atoms with Crippen LogP contribution in [-0.2, 0) is 11.8 Å². The maximum absolute atomic E-state index is 11.2. The van der Waals surface area contributed by atoms with E-state index in [-0.39, 0.29) is 11.7 Å². The van der Waals surface area contributed by atoms with E-state index in [0.29, 0.717) is 17.5 Å². The Morgan fingerprint density at radius 1 is 1.56 bits per heavy atom. The van der Waals surface area contributed by atoms with Crippen molar-refractivity contribution < 1.29 is 9.32 Å². The first kappa shape index (κ1) is 10.5. The third-order valence-corrected chi connectivity index (χ3v) is 2.44. The highest BCUT2D eigenvalue weighted by molar-refractivity contribution is 5.81. The Kier molecular flexibility index (Phi) is 2.55. The number of ketones is 1. The summed E-state index contributed by atoms with van der Waals surface area (Å²) >= 11 is 0. The van der Waals surface area contributed by atoms with Crippen LogP contribution in [0.1, 0.15) is 25.7 Å². The smallest absolute Gasteiger partial charge is 0.238 e. The number of nitrogens with zero attached hydrogens (tertiary/aromatic N) is 4. The molecule has 0 aromatic carbocycles. The molecule has 0 aliphatic rings. The average molecular weight is 220 g/mol. The Bertz CT molecular complexity index is 514. The van der Waals surface area contributed by atoms with Crippen LogP contribution < -0.4 is 0 Å². The van der Waals surface area contributed by atoms with Crippen LogP contribution in [0.3, 0.4) is 0 Å². The molecule has 0 saturated heterocycles. The van der Waals surface area contributed by atoms with Gasteiger partial charge in [0.15, 0.2) is 5.82 Å². The lowest BCUT2D eigenvalue weighted by atomic mass is 10.1. The zero-order valence-electron chi connectivity index (χ0n) is 9.34. The van der Waals surface area contributed by atoms with Gasteiger partial charge in [-0.3, -0.25) is 4.79 Å². The van der Waals surface area contributed by atoms with Gasteiger partial charge in [-0.2, -0.15) is 4.98 Å². The summed E-state index contributed by atoms with van der Waals surface area (Å²) in [5.41, 5.74) is 0. The Morgan fingerprint density at radius 2 is 2.31 bits per heavy atom. The molecule has 16 heavy (non-hydrogen) atoms. The first-order valence-corrected chi connectivity index (χ1v) is 4.91. The van der Waals surface area contributed by atoms with Crippen LogP contribution in [-0.4, -0.2) is 25.5 Å². The van der Waals surface area contributed by atoms with E-state index in [1.165, 1.54) is 6.92 Å². The maximum Gasteiger partial charge on any atom is 0.238 e. The molecule has 0 radical (unpaired) electrons. The van der Waals surface area contributed by atoms with Crippen LogP contribution in [0.4, 0.5) is 0 Å². The highest BCUT2D eigenvalue weighted by Crippen LogP contribution is 2.18. The minimum absolute atomic E-state index is 0.00459. The van der Waals surface area contributed by atoms with E-state index < -0.39 is 0 Å². The van der Waals surface area contributed by atoms with E-state index in [9.17, 15) is 4.79 Å². The molecule has 2 aromatic heterocycles. The molecule has 1 atom stereocenters. The van der Waals surface area contributed by atoms with Gasteiger partial charge in [-0.1, -0.05) is 5.16 Å². The van der Waals surface area contributed by atoms with Gasteiger partial charge in [0.1, 0.15) is 5.78 Å². The average Bonchev–Trinajstić information content (AvgIpc) is 2.84. The SMILES string of the molecule is CC(=O)C(C)c1nc(-c2nccn2C)no1. The van der Waals surface area contributed by atoms with Crippen molar-refractivity contribution >= 4 is 5.78 Å². The molecule has 0 spiro atoms. The lowest BCUT2D eigenvalue weighted by molar-refractivity contribution is -0.118. The van der Waals surface area contributed by atoms with Crippen molar-refractivity contribution in [2.45, 2.75) is 19.8 Å². The van der Waals surface area contributed by atoms with E-state index in [4.69, 9.17) is 4.52 Å². The molecule has 0 aliphatic carbocycles. The Hall–Kier alpha value is -1.98. The summed E-state index contributed by atoms with van der Waals surface area (Å²) in [7, 11) is 1.84. The number of Topliss-reactive ketones (excluding diaryl/α,β-unsaturated/α-hetero) is 1. The van der Waals surface area contributed by atoms with Gasteiger partial charge in [0.05, 0.1) is 5.92 Å². The summed E-state index contributed by atoms with van der Waals surface area (Å²) in [4.78, 5) is 19.4. The van der Waals surface area contributed by atoms with E-state index in [1.807, 2.05) is 7.05 Å². The second kappa shape index (κ2) is 3.88. The quantitative estimate of drug-likeness (QED) is 0.776. The summed E-state index contributed by atoms with van der Waals surface area (Å²) in [6.45, 7) is 3.23. The molecule has 0 bridgehead atoms. The van der Waals surface area contributed by atoms with Crippen molar-refractivity contribution in [3.05, 3.63) is 18.3 Å². The van der Waals surface area contributed by atoms with Gasteiger partial charge in [0.25, 0.3) is 0 Å². The number of hydrogen-bond donors (Lipinski definition) is 0. The van der Waals surface area contributed by atoms with Crippen LogP contribution in [0.2, 0.25) is 0 Å². The molecule has 0 aliphatic heterocycles. The van der Waals surface area contributed by atoms with Crippen LogP contribution in [0.15, 0.2) is 16.9 Å². The molecule has 84 valence electrons.